The number of halogens is 1. The fourth-order valence-electron chi connectivity index (χ4n) is 2.55. The van der Waals surface area contributed by atoms with E-state index in [1.807, 2.05) is 28.3 Å². The number of hydrogen-bond donors (Lipinski definition) is 0. The van der Waals surface area contributed by atoms with Crippen LogP contribution in [0.15, 0.2) is 46.4 Å². The second-order valence-corrected chi connectivity index (χ2v) is 6.95. The van der Waals surface area contributed by atoms with Gasteiger partial charge in [-0.05, 0) is 51.6 Å². The zero-order valence-corrected chi connectivity index (χ0v) is 16.3. The molecule has 5 nitrogen and oxygen atoms in total. The van der Waals surface area contributed by atoms with Crippen LogP contribution < -0.4 is 14.2 Å². The van der Waals surface area contributed by atoms with Gasteiger partial charge in [0.25, 0.3) is 0 Å². The van der Waals surface area contributed by atoms with E-state index in [1.165, 1.54) is 21.3 Å². The molecule has 130 valence electrons. The standard InChI is InChI=1S/C18H16BrNO4S/c1-22-14-7-11(8-15(23-2)18(14)24-3)17(21)13-9-12(19)10-20(13)16-5-4-6-25-16/h4-10H,1-3H3. The van der Waals surface area contributed by atoms with Gasteiger partial charge >= 0.3 is 0 Å². The molecule has 0 aliphatic heterocycles. The number of ketones is 1. The highest BCUT2D eigenvalue weighted by atomic mass is 79.9. The molecule has 2 heterocycles. The van der Waals surface area contributed by atoms with Crippen LogP contribution >= 0.6 is 27.3 Å². The Morgan fingerprint density at radius 2 is 1.76 bits per heavy atom. The molecule has 0 bridgehead atoms. The molecule has 0 saturated carbocycles. The smallest absolute Gasteiger partial charge is 0.210 e. The molecule has 0 N–H and O–H groups in total. The first-order valence-corrected chi connectivity index (χ1v) is 9.02. The lowest BCUT2D eigenvalue weighted by molar-refractivity contribution is 0.103. The number of carbonyl (C=O) groups is 1. The summed E-state index contributed by atoms with van der Waals surface area (Å²) < 4.78 is 18.7. The van der Waals surface area contributed by atoms with E-state index >= 15 is 0 Å². The first-order chi connectivity index (χ1) is 12.1. The molecule has 3 rings (SSSR count). The molecule has 0 radical (unpaired) electrons. The largest absolute Gasteiger partial charge is 0.493 e. The summed E-state index contributed by atoms with van der Waals surface area (Å²) in [6.45, 7) is 0. The van der Waals surface area contributed by atoms with E-state index in [0.29, 0.717) is 28.5 Å². The number of thiophene rings is 1. The maximum Gasteiger partial charge on any atom is 0.210 e. The molecule has 2 aromatic heterocycles. The van der Waals surface area contributed by atoms with Crippen LogP contribution in [0.5, 0.6) is 17.2 Å². The van der Waals surface area contributed by atoms with Gasteiger partial charge < -0.3 is 18.8 Å². The van der Waals surface area contributed by atoms with Crippen molar-refractivity contribution < 1.29 is 19.0 Å². The molecule has 25 heavy (non-hydrogen) atoms. The molecule has 0 atom stereocenters. The Labute approximate surface area is 157 Å². The quantitative estimate of drug-likeness (QED) is 0.547. The molecule has 1 aromatic carbocycles. The van der Waals surface area contributed by atoms with Crippen molar-refractivity contribution in [3.05, 3.63) is 57.6 Å². The lowest BCUT2D eigenvalue weighted by Crippen LogP contribution is -2.08. The summed E-state index contributed by atoms with van der Waals surface area (Å²) in [5.74, 6) is 1.20. The third-order valence-electron chi connectivity index (χ3n) is 3.69. The van der Waals surface area contributed by atoms with Gasteiger partial charge in [0.2, 0.25) is 11.5 Å². The fraction of sp³-hybridized carbons (Fsp3) is 0.167. The number of nitrogens with zero attached hydrogens (tertiary/aromatic N) is 1. The Bertz CT molecular complexity index is 877. The number of ether oxygens (including phenoxy) is 3. The highest BCUT2D eigenvalue weighted by Crippen LogP contribution is 2.39. The van der Waals surface area contributed by atoms with Gasteiger partial charge in [-0.15, -0.1) is 11.3 Å². The Morgan fingerprint density at radius 3 is 2.28 bits per heavy atom. The second kappa shape index (κ2) is 7.33. The Morgan fingerprint density at radius 1 is 1.08 bits per heavy atom. The topological polar surface area (TPSA) is 49.7 Å². The van der Waals surface area contributed by atoms with Gasteiger partial charge in [0.1, 0.15) is 0 Å². The maximum atomic E-state index is 13.1. The second-order valence-electron chi connectivity index (χ2n) is 5.11. The van der Waals surface area contributed by atoms with Crippen LogP contribution in [-0.2, 0) is 0 Å². The molecule has 0 saturated heterocycles. The van der Waals surface area contributed by atoms with Crippen molar-refractivity contribution >= 4 is 33.0 Å². The first-order valence-electron chi connectivity index (χ1n) is 7.35. The summed E-state index contributed by atoms with van der Waals surface area (Å²) in [4.78, 5) is 13.1. The van der Waals surface area contributed by atoms with Crippen molar-refractivity contribution in [2.75, 3.05) is 21.3 Å². The van der Waals surface area contributed by atoms with Crippen molar-refractivity contribution in [1.82, 2.24) is 4.57 Å². The van der Waals surface area contributed by atoms with Gasteiger partial charge in [-0.3, -0.25) is 4.79 Å². The first kappa shape index (κ1) is 17.6. The number of carbonyl (C=O) groups excluding carboxylic acids is 1. The molecular weight excluding hydrogens is 406 g/mol. The Balaban J connectivity index is 2.11. The third kappa shape index (κ3) is 3.29. The number of aromatic nitrogens is 1. The van der Waals surface area contributed by atoms with Crippen molar-refractivity contribution in [3.63, 3.8) is 0 Å². The molecule has 0 spiro atoms. The average Bonchev–Trinajstić information content (AvgIpc) is 3.28. The molecule has 7 heteroatoms. The molecule has 0 amide bonds. The minimum atomic E-state index is -0.140. The number of benzene rings is 1. The Hall–Kier alpha value is -2.25. The Kier molecular flexibility index (Phi) is 5.15. The zero-order chi connectivity index (χ0) is 18.0. The van der Waals surface area contributed by atoms with Crippen LogP contribution in [0.3, 0.4) is 0 Å². The van der Waals surface area contributed by atoms with Crippen LogP contribution in [0, 0.1) is 0 Å². The van der Waals surface area contributed by atoms with E-state index in [1.54, 1.807) is 29.5 Å². The lowest BCUT2D eigenvalue weighted by Gasteiger charge is -2.14. The van der Waals surface area contributed by atoms with E-state index in [-0.39, 0.29) is 5.78 Å². The SMILES string of the molecule is COc1cc(C(=O)c2cc(Br)cn2-c2cccs2)cc(OC)c1OC. The van der Waals surface area contributed by atoms with E-state index in [4.69, 9.17) is 14.2 Å². The van der Waals surface area contributed by atoms with Gasteiger partial charge in [-0.25, -0.2) is 0 Å². The van der Waals surface area contributed by atoms with E-state index < -0.39 is 0 Å². The van der Waals surface area contributed by atoms with Gasteiger partial charge in [0.05, 0.1) is 32.0 Å². The summed E-state index contributed by atoms with van der Waals surface area (Å²) in [6, 6.07) is 9.02. The predicted octanol–water partition coefficient (Wildman–Crippen LogP) is 4.56. The molecule has 3 aromatic rings. The van der Waals surface area contributed by atoms with Gasteiger partial charge in [0, 0.05) is 16.2 Å². The van der Waals surface area contributed by atoms with Crippen LogP contribution in [0.2, 0.25) is 0 Å². The van der Waals surface area contributed by atoms with Crippen LogP contribution in [0.1, 0.15) is 16.1 Å². The highest BCUT2D eigenvalue weighted by molar-refractivity contribution is 9.10. The lowest BCUT2D eigenvalue weighted by atomic mass is 10.1. The van der Waals surface area contributed by atoms with Crippen LogP contribution in [0.25, 0.3) is 5.00 Å². The molecule has 0 aliphatic carbocycles. The number of methoxy groups -OCH3 is 3. The van der Waals surface area contributed by atoms with Gasteiger partial charge in [0.15, 0.2) is 11.5 Å². The number of hydrogen-bond acceptors (Lipinski definition) is 5. The van der Waals surface area contributed by atoms with Crippen molar-refractivity contribution in [2.45, 2.75) is 0 Å². The maximum absolute atomic E-state index is 13.1. The normalized spacial score (nSPS) is 10.6. The van der Waals surface area contributed by atoms with Gasteiger partial charge in [-0.2, -0.15) is 0 Å². The van der Waals surface area contributed by atoms with Crippen molar-refractivity contribution in [3.8, 4) is 22.2 Å². The molecular formula is C18H16BrNO4S. The predicted molar refractivity (Wildman–Crippen MR) is 101 cm³/mol. The third-order valence-corrected chi connectivity index (χ3v) is 4.99. The molecule has 0 fully saturated rings. The summed E-state index contributed by atoms with van der Waals surface area (Å²) in [5.41, 5.74) is 1.00. The minimum Gasteiger partial charge on any atom is -0.493 e. The highest BCUT2D eigenvalue weighted by Gasteiger charge is 2.21. The average molecular weight is 422 g/mol. The van der Waals surface area contributed by atoms with Crippen molar-refractivity contribution in [1.29, 1.82) is 0 Å². The van der Waals surface area contributed by atoms with Gasteiger partial charge in [-0.1, -0.05) is 0 Å². The van der Waals surface area contributed by atoms with E-state index in [2.05, 4.69) is 15.9 Å². The van der Waals surface area contributed by atoms with E-state index in [9.17, 15) is 4.79 Å². The van der Waals surface area contributed by atoms with Crippen LogP contribution in [-0.4, -0.2) is 31.7 Å². The zero-order valence-electron chi connectivity index (χ0n) is 13.9. The monoisotopic (exact) mass is 421 g/mol. The summed E-state index contributed by atoms with van der Waals surface area (Å²) in [6.07, 6.45) is 1.87. The number of rotatable bonds is 6. The molecule has 0 aliphatic rings. The van der Waals surface area contributed by atoms with E-state index in [0.717, 1.165) is 9.47 Å². The summed E-state index contributed by atoms with van der Waals surface area (Å²) in [5, 5.41) is 2.93. The minimum absolute atomic E-state index is 0.140. The fourth-order valence-corrected chi connectivity index (χ4v) is 3.69. The van der Waals surface area contributed by atoms with Crippen molar-refractivity contribution in [2.24, 2.45) is 0 Å². The summed E-state index contributed by atoms with van der Waals surface area (Å²) >= 11 is 5.01. The molecule has 0 unspecified atom stereocenters. The van der Waals surface area contributed by atoms with Crippen LogP contribution in [0.4, 0.5) is 0 Å². The summed E-state index contributed by atoms with van der Waals surface area (Å²) in [7, 11) is 4.58.